The Morgan fingerprint density at radius 1 is 0.895 bits per heavy atom. The molecule has 3 nitrogen and oxygen atoms in total. The van der Waals surface area contributed by atoms with E-state index in [0.29, 0.717) is 23.7 Å². The van der Waals surface area contributed by atoms with Crippen molar-refractivity contribution in [3.63, 3.8) is 0 Å². The normalized spacial score (nSPS) is 11.1. The minimum atomic E-state index is -0.315. The number of carbonyl (C=O) groups excluding carboxylic acids is 1. The van der Waals surface area contributed by atoms with Crippen LogP contribution in [-0.4, -0.2) is 35.1 Å². The molecule has 19 heavy (non-hydrogen) atoms. The second-order valence-electron chi connectivity index (χ2n) is 5.96. The van der Waals surface area contributed by atoms with Crippen molar-refractivity contribution >= 4 is 5.97 Å². The second-order valence-corrected chi connectivity index (χ2v) is 5.96. The van der Waals surface area contributed by atoms with Gasteiger partial charge in [-0.3, -0.25) is 4.90 Å². The van der Waals surface area contributed by atoms with Crippen LogP contribution in [0.1, 0.15) is 62.3 Å². The average molecular weight is 271 g/mol. The number of carbonyl (C=O) groups is 1. The molecule has 0 atom stereocenters. The van der Waals surface area contributed by atoms with E-state index in [9.17, 15) is 4.79 Å². The zero-order chi connectivity index (χ0) is 15.7. The molecule has 0 saturated heterocycles. The Balaban J connectivity index is 0. The predicted octanol–water partition coefficient (Wildman–Crippen LogP) is 4.03. The van der Waals surface area contributed by atoms with E-state index in [1.165, 1.54) is 0 Å². The molecule has 0 bridgehead atoms. The fourth-order valence-corrected chi connectivity index (χ4v) is 2.10. The summed E-state index contributed by atoms with van der Waals surface area (Å²) in [7, 11) is 0. The van der Waals surface area contributed by atoms with Crippen molar-refractivity contribution in [1.29, 1.82) is 0 Å². The van der Waals surface area contributed by atoms with Crippen molar-refractivity contribution in [2.45, 2.75) is 86.5 Å². The summed E-state index contributed by atoms with van der Waals surface area (Å²) in [6.07, 6.45) is -0.0470. The number of hydrogen-bond acceptors (Lipinski definition) is 3. The van der Waals surface area contributed by atoms with Gasteiger partial charge in [-0.15, -0.1) is 0 Å². The summed E-state index contributed by atoms with van der Waals surface area (Å²) < 4.78 is 4.77. The Labute approximate surface area is 120 Å². The van der Waals surface area contributed by atoms with E-state index in [0.717, 1.165) is 0 Å². The molecule has 0 radical (unpaired) electrons. The van der Waals surface area contributed by atoms with Crippen molar-refractivity contribution < 1.29 is 9.53 Å². The van der Waals surface area contributed by atoms with Gasteiger partial charge in [-0.1, -0.05) is 6.58 Å². The second kappa shape index (κ2) is 10.0. The summed E-state index contributed by atoms with van der Waals surface area (Å²) in [6, 6.07) is 2.00. The number of nitrogens with zero attached hydrogens (tertiary/aromatic N) is 1. The van der Waals surface area contributed by atoms with Crippen molar-refractivity contribution in [3.05, 3.63) is 12.2 Å². The zero-order valence-corrected chi connectivity index (χ0v) is 14.3. The maximum atomic E-state index is 10.6. The van der Waals surface area contributed by atoms with Crippen molar-refractivity contribution in [2.75, 3.05) is 0 Å². The standard InChI is InChI=1S/C9H21N.C7H12O2/c1-7(2)10(8(3)4)9(5)6;1-5(2)7(8)9-6(3)4/h7-9H,1-6H3;6H,1H2,2-4H3. The van der Waals surface area contributed by atoms with Gasteiger partial charge < -0.3 is 4.74 Å². The first-order chi connectivity index (χ1) is 8.50. The monoisotopic (exact) mass is 271 g/mol. The molecule has 0 saturated carbocycles. The Morgan fingerprint density at radius 2 is 1.21 bits per heavy atom. The van der Waals surface area contributed by atoms with Gasteiger partial charge in [0, 0.05) is 23.7 Å². The lowest BCUT2D eigenvalue weighted by atomic mass is 10.2. The third kappa shape index (κ3) is 10.8. The topological polar surface area (TPSA) is 29.5 Å². The molecule has 0 aliphatic heterocycles. The fourth-order valence-electron chi connectivity index (χ4n) is 2.10. The van der Waals surface area contributed by atoms with Crippen LogP contribution in [0.15, 0.2) is 12.2 Å². The summed E-state index contributed by atoms with van der Waals surface area (Å²) >= 11 is 0. The molecule has 0 aromatic rings. The first-order valence-corrected chi connectivity index (χ1v) is 7.14. The minimum absolute atomic E-state index is 0.0470. The molecule has 0 N–H and O–H groups in total. The molecule has 0 fully saturated rings. The Bertz CT molecular complexity index is 249. The smallest absolute Gasteiger partial charge is 0.333 e. The average Bonchev–Trinajstić information content (AvgIpc) is 2.14. The maximum Gasteiger partial charge on any atom is 0.333 e. The van der Waals surface area contributed by atoms with E-state index in [1.807, 2.05) is 0 Å². The van der Waals surface area contributed by atoms with Gasteiger partial charge in [0.15, 0.2) is 0 Å². The van der Waals surface area contributed by atoms with Gasteiger partial charge in [-0.25, -0.2) is 4.79 Å². The molecule has 114 valence electrons. The molecule has 0 aliphatic carbocycles. The third-order valence-corrected chi connectivity index (χ3v) is 2.48. The highest BCUT2D eigenvalue weighted by Crippen LogP contribution is 2.09. The van der Waals surface area contributed by atoms with E-state index in [1.54, 1.807) is 20.8 Å². The van der Waals surface area contributed by atoms with Gasteiger partial charge in [-0.2, -0.15) is 0 Å². The van der Waals surface area contributed by atoms with E-state index >= 15 is 0 Å². The third-order valence-electron chi connectivity index (χ3n) is 2.48. The summed E-state index contributed by atoms with van der Waals surface area (Å²) in [5.74, 6) is -0.315. The van der Waals surface area contributed by atoms with Gasteiger partial charge in [-0.05, 0) is 62.3 Å². The molecule has 0 aromatic carbocycles. The molecular formula is C16H33NO2. The highest BCUT2D eigenvalue weighted by Gasteiger charge is 2.15. The van der Waals surface area contributed by atoms with Gasteiger partial charge >= 0.3 is 5.97 Å². The number of hydrogen-bond donors (Lipinski definition) is 0. The van der Waals surface area contributed by atoms with Gasteiger partial charge in [0.1, 0.15) is 0 Å². The largest absolute Gasteiger partial charge is 0.460 e. The maximum absolute atomic E-state index is 10.6. The zero-order valence-electron chi connectivity index (χ0n) is 14.3. The van der Waals surface area contributed by atoms with Gasteiger partial charge in [0.25, 0.3) is 0 Å². The minimum Gasteiger partial charge on any atom is -0.460 e. The van der Waals surface area contributed by atoms with Crippen LogP contribution < -0.4 is 0 Å². The van der Waals surface area contributed by atoms with Crippen LogP contribution in [0.2, 0.25) is 0 Å². The Kier molecular flexibility index (Phi) is 10.8. The SMILES string of the molecule is C=C(C)C(=O)OC(C)C.CC(C)N(C(C)C)C(C)C. The summed E-state index contributed by atoms with van der Waals surface area (Å²) in [5.41, 5.74) is 0.448. The van der Waals surface area contributed by atoms with E-state index in [-0.39, 0.29) is 12.1 Å². The van der Waals surface area contributed by atoms with Crippen LogP contribution >= 0.6 is 0 Å². The first kappa shape index (κ1) is 20.5. The lowest BCUT2D eigenvalue weighted by Crippen LogP contribution is -2.42. The van der Waals surface area contributed by atoms with Crippen molar-refractivity contribution in [1.82, 2.24) is 4.90 Å². The van der Waals surface area contributed by atoms with Crippen LogP contribution in [0.3, 0.4) is 0 Å². The molecule has 0 spiro atoms. The van der Waals surface area contributed by atoms with Crippen LogP contribution in [-0.2, 0) is 9.53 Å². The summed E-state index contributed by atoms with van der Waals surface area (Å²) in [5, 5.41) is 0. The van der Waals surface area contributed by atoms with E-state index in [2.05, 4.69) is 53.0 Å². The molecular weight excluding hydrogens is 238 g/mol. The molecule has 0 unspecified atom stereocenters. The summed E-state index contributed by atoms with van der Waals surface area (Å²) in [6.45, 7) is 22.2. The first-order valence-electron chi connectivity index (χ1n) is 7.14. The fraction of sp³-hybridized carbons (Fsp3) is 0.812. The number of ether oxygens (including phenoxy) is 1. The molecule has 0 aliphatic rings. The van der Waals surface area contributed by atoms with E-state index < -0.39 is 0 Å². The van der Waals surface area contributed by atoms with Crippen molar-refractivity contribution in [2.24, 2.45) is 0 Å². The highest BCUT2D eigenvalue weighted by atomic mass is 16.5. The van der Waals surface area contributed by atoms with Gasteiger partial charge in [0.2, 0.25) is 0 Å². The molecule has 3 heteroatoms. The Hall–Kier alpha value is -0.830. The van der Waals surface area contributed by atoms with Crippen LogP contribution in [0.4, 0.5) is 0 Å². The predicted molar refractivity (Wildman–Crippen MR) is 83.3 cm³/mol. The summed E-state index contributed by atoms with van der Waals surface area (Å²) in [4.78, 5) is 13.1. The molecule has 0 aromatic heterocycles. The molecule has 0 amide bonds. The molecule has 0 heterocycles. The van der Waals surface area contributed by atoms with Crippen molar-refractivity contribution in [3.8, 4) is 0 Å². The molecule has 0 rings (SSSR count). The van der Waals surface area contributed by atoms with E-state index in [4.69, 9.17) is 4.74 Å². The lowest BCUT2D eigenvalue weighted by Gasteiger charge is -2.34. The Morgan fingerprint density at radius 3 is 1.26 bits per heavy atom. The van der Waals surface area contributed by atoms with Crippen LogP contribution in [0.25, 0.3) is 0 Å². The van der Waals surface area contributed by atoms with Gasteiger partial charge in [0.05, 0.1) is 6.10 Å². The lowest BCUT2D eigenvalue weighted by molar-refractivity contribution is -0.142. The van der Waals surface area contributed by atoms with Crippen LogP contribution in [0.5, 0.6) is 0 Å². The highest BCUT2D eigenvalue weighted by molar-refractivity contribution is 5.87. The van der Waals surface area contributed by atoms with Crippen LogP contribution in [0, 0.1) is 0 Å². The quantitative estimate of drug-likeness (QED) is 0.558. The number of esters is 1. The number of rotatable bonds is 5.